The third-order valence-corrected chi connectivity index (χ3v) is 4.40. The van der Waals surface area contributed by atoms with Gasteiger partial charge in [-0.2, -0.15) is 0 Å². The van der Waals surface area contributed by atoms with Crippen LogP contribution in [-0.2, 0) is 0 Å². The molecule has 0 aromatic heterocycles. The zero-order chi connectivity index (χ0) is 10.9. The van der Waals surface area contributed by atoms with E-state index < -0.39 is 8.07 Å². The predicted octanol–water partition coefficient (Wildman–Crippen LogP) is 4.39. The minimum absolute atomic E-state index is 1.09. The Balaban J connectivity index is 3.64. The maximum Gasteiger partial charge on any atom is 0.136 e. The first-order valence-corrected chi connectivity index (χ1v) is 8.94. The standard InChI is InChI=1S/C13H24Si/c1-5-7-8-9-10-11-13-14(3,4)12-6-2/h6H,2,5,7-10,12H2,1,3-4H3. The molecular weight excluding hydrogens is 184 g/mol. The van der Waals surface area contributed by atoms with Crippen LogP contribution in [0.3, 0.4) is 0 Å². The van der Waals surface area contributed by atoms with Gasteiger partial charge in [0.2, 0.25) is 0 Å². The van der Waals surface area contributed by atoms with E-state index in [1.54, 1.807) is 0 Å². The van der Waals surface area contributed by atoms with E-state index in [4.69, 9.17) is 0 Å². The second kappa shape index (κ2) is 7.88. The Labute approximate surface area is 90.8 Å². The van der Waals surface area contributed by atoms with Crippen LogP contribution in [0, 0.1) is 11.5 Å². The highest BCUT2D eigenvalue weighted by Crippen LogP contribution is 2.08. The largest absolute Gasteiger partial charge is 0.136 e. The van der Waals surface area contributed by atoms with Gasteiger partial charge in [0.05, 0.1) is 0 Å². The second-order valence-corrected chi connectivity index (χ2v) is 8.92. The highest BCUT2D eigenvalue weighted by Gasteiger charge is 2.14. The first-order chi connectivity index (χ1) is 6.62. The summed E-state index contributed by atoms with van der Waals surface area (Å²) in [5, 5.41) is 0. The molecule has 0 aromatic rings. The second-order valence-electron chi connectivity index (χ2n) is 4.49. The number of allylic oxidation sites excluding steroid dienone is 1. The molecule has 0 atom stereocenters. The normalized spacial score (nSPS) is 10.5. The van der Waals surface area contributed by atoms with Crippen molar-refractivity contribution < 1.29 is 0 Å². The third kappa shape index (κ3) is 8.13. The first-order valence-electron chi connectivity index (χ1n) is 5.73. The Hall–Kier alpha value is -0.483. The molecule has 0 unspecified atom stereocenters. The molecule has 0 heterocycles. The van der Waals surface area contributed by atoms with Crippen LogP contribution in [0.25, 0.3) is 0 Å². The van der Waals surface area contributed by atoms with Crippen LogP contribution in [0.4, 0.5) is 0 Å². The molecule has 14 heavy (non-hydrogen) atoms. The highest BCUT2D eigenvalue weighted by molar-refractivity contribution is 6.85. The van der Waals surface area contributed by atoms with E-state index >= 15 is 0 Å². The van der Waals surface area contributed by atoms with Crippen LogP contribution < -0.4 is 0 Å². The summed E-state index contributed by atoms with van der Waals surface area (Å²) in [4.78, 5) is 0. The molecule has 0 aliphatic rings. The zero-order valence-electron chi connectivity index (χ0n) is 10.0. The van der Waals surface area contributed by atoms with Crippen molar-refractivity contribution in [2.75, 3.05) is 0 Å². The minimum Gasteiger partial charge on any atom is -0.131 e. The highest BCUT2D eigenvalue weighted by atomic mass is 28.3. The topological polar surface area (TPSA) is 0 Å². The smallest absolute Gasteiger partial charge is 0.131 e. The van der Waals surface area contributed by atoms with Crippen molar-refractivity contribution in [3.8, 4) is 11.5 Å². The van der Waals surface area contributed by atoms with Crippen molar-refractivity contribution in [3.63, 3.8) is 0 Å². The van der Waals surface area contributed by atoms with Gasteiger partial charge in [0.15, 0.2) is 0 Å². The lowest BCUT2D eigenvalue weighted by Crippen LogP contribution is -2.21. The van der Waals surface area contributed by atoms with Crippen LogP contribution in [0.15, 0.2) is 12.7 Å². The van der Waals surface area contributed by atoms with Crippen molar-refractivity contribution in [2.24, 2.45) is 0 Å². The van der Waals surface area contributed by atoms with E-state index in [0.29, 0.717) is 0 Å². The number of hydrogen-bond donors (Lipinski definition) is 0. The summed E-state index contributed by atoms with van der Waals surface area (Å²) in [5.41, 5.74) is 3.45. The lowest BCUT2D eigenvalue weighted by molar-refractivity contribution is 0.680. The van der Waals surface area contributed by atoms with Gasteiger partial charge in [-0.25, -0.2) is 0 Å². The number of unbranched alkanes of at least 4 members (excludes halogenated alkanes) is 4. The number of hydrogen-bond acceptors (Lipinski definition) is 0. The average molecular weight is 208 g/mol. The molecule has 0 amide bonds. The van der Waals surface area contributed by atoms with Crippen LogP contribution in [0.2, 0.25) is 19.1 Å². The van der Waals surface area contributed by atoms with E-state index in [1.807, 2.05) is 6.08 Å². The molecule has 1 heteroatoms. The summed E-state index contributed by atoms with van der Waals surface area (Å²) in [6.07, 6.45) is 8.39. The molecule has 0 rings (SSSR count). The monoisotopic (exact) mass is 208 g/mol. The molecule has 0 fully saturated rings. The Morgan fingerprint density at radius 3 is 2.50 bits per heavy atom. The molecule has 0 bridgehead atoms. The minimum atomic E-state index is -1.25. The van der Waals surface area contributed by atoms with Gasteiger partial charge < -0.3 is 0 Å². The molecule has 0 aliphatic carbocycles. The van der Waals surface area contributed by atoms with Gasteiger partial charge in [0, 0.05) is 6.42 Å². The van der Waals surface area contributed by atoms with Crippen LogP contribution in [0.1, 0.15) is 39.0 Å². The molecule has 0 radical (unpaired) electrons. The fourth-order valence-corrected chi connectivity index (χ4v) is 2.78. The van der Waals surface area contributed by atoms with Crippen molar-refractivity contribution in [1.29, 1.82) is 0 Å². The van der Waals surface area contributed by atoms with Gasteiger partial charge >= 0.3 is 0 Å². The van der Waals surface area contributed by atoms with Gasteiger partial charge in [0.1, 0.15) is 8.07 Å². The Bertz CT molecular complexity index is 205. The van der Waals surface area contributed by atoms with Crippen LogP contribution in [0.5, 0.6) is 0 Å². The molecule has 80 valence electrons. The summed E-state index contributed by atoms with van der Waals surface area (Å²) in [7, 11) is -1.25. The molecule has 0 N–H and O–H groups in total. The maximum absolute atomic E-state index is 3.78. The van der Waals surface area contributed by atoms with Gasteiger partial charge in [-0.15, -0.1) is 18.0 Å². The van der Waals surface area contributed by atoms with Crippen LogP contribution >= 0.6 is 0 Å². The first kappa shape index (κ1) is 13.5. The fourth-order valence-electron chi connectivity index (χ4n) is 1.35. The molecule has 0 aliphatic heterocycles. The lowest BCUT2D eigenvalue weighted by Gasteiger charge is -2.10. The molecule has 0 saturated carbocycles. The molecule has 0 nitrogen and oxygen atoms in total. The predicted molar refractivity (Wildman–Crippen MR) is 69.0 cm³/mol. The Kier molecular flexibility index (Phi) is 7.61. The summed E-state index contributed by atoms with van der Waals surface area (Å²) in [5.74, 6) is 3.33. The summed E-state index contributed by atoms with van der Waals surface area (Å²) >= 11 is 0. The van der Waals surface area contributed by atoms with Gasteiger partial charge in [-0.1, -0.05) is 45.4 Å². The summed E-state index contributed by atoms with van der Waals surface area (Å²) in [6, 6.07) is 1.12. The van der Waals surface area contributed by atoms with Crippen molar-refractivity contribution >= 4 is 8.07 Å². The summed E-state index contributed by atoms with van der Waals surface area (Å²) < 4.78 is 0. The third-order valence-electron chi connectivity index (χ3n) is 2.24. The van der Waals surface area contributed by atoms with Crippen molar-refractivity contribution in [3.05, 3.63) is 12.7 Å². The van der Waals surface area contributed by atoms with Crippen LogP contribution in [-0.4, -0.2) is 8.07 Å². The van der Waals surface area contributed by atoms with E-state index in [1.165, 1.54) is 25.7 Å². The van der Waals surface area contributed by atoms with Gasteiger partial charge in [-0.3, -0.25) is 0 Å². The fraction of sp³-hybridized carbons (Fsp3) is 0.692. The quantitative estimate of drug-likeness (QED) is 0.263. The van der Waals surface area contributed by atoms with Gasteiger partial charge in [0.25, 0.3) is 0 Å². The average Bonchev–Trinajstić information content (AvgIpc) is 2.11. The number of rotatable bonds is 6. The summed E-state index contributed by atoms with van der Waals surface area (Å²) in [6.45, 7) is 10.6. The molecule has 0 aromatic carbocycles. The maximum atomic E-state index is 3.78. The van der Waals surface area contributed by atoms with E-state index in [2.05, 4.69) is 38.1 Å². The van der Waals surface area contributed by atoms with Crippen molar-refractivity contribution in [1.82, 2.24) is 0 Å². The van der Waals surface area contributed by atoms with E-state index in [9.17, 15) is 0 Å². The molecule has 0 saturated heterocycles. The zero-order valence-corrected chi connectivity index (χ0v) is 11.0. The van der Waals surface area contributed by atoms with E-state index in [-0.39, 0.29) is 0 Å². The SMILES string of the molecule is C=CC[Si](C)(C)C#CCCCCCC. The van der Waals surface area contributed by atoms with Gasteiger partial charge in [-0.05, 0) is 12.5 Å². The Morgan fingerprint density at radius 2 is 1.93 bits per heavy atom. The van der Waals surface area contributed by atoms with Crippen molar-refractivity contribution in [2.45, 2.75) is 58.2 Å². The Morgan fingerprint density at radius 1 is 1.21 bits per heavy atom. The molecular formula is C13H24Si. The van der Waals surface area contributed by atoms with E-state index in [0.717, 1.165) is 12.5 Å². The molecule has 0 spiro atoms. The lowest BCUT2D eigenvalue weighted by atomic mass is 10.2.